The lowest BCUT2D eigenvalue weighted by molar-refractivity contribution is 0.463. The molecule has 0 amide bonds. The second kappa shape index (κ2) is 11.7. The van der Waals surface area contributed by atoms with Gasteiger partial charge in [-0.15, -0.1) is 13.2 Å². The van der Waals surface area contributed by atoms with Gasteiger partial charge in [-0.25, -0.2) is 0 Å². The first-order chi connectivity index (χ1) is 17.4. The Bertz CT molecular complexity index is 1380. The second-order valence-corrected chi connectivity index (χ2v) is 10.1. The Morgan fingerprint density at radius 3 is 2.08 bits per heavy atom. The quantitative estimate of drug-likeness (QED) is 0.158. The maximum absolute atomic E-state index is 10.9. The van der Waals surface area contributed by atoms with Gasteiger partial charge in [0, 0.05) is 21.9 Å². The lowest BCUT2D eigenvalue weighted by Gasteiger charge is -2.14. The van der Waals surface area contributed by atoms with Gasteiger partial charge in [-0.3, -0.25) is 0 Å². The van der Waals surface area contributed by atoms with Gasteiger partial charge in [0.1, 0.15) is 11.5 Å². The molecule has 4 aromatic rings. The van der Waals surface area contributed by atoms with Crippen LogP contribution in [0.3, 0.4) is 0 Å². The van der Waals surface area contributed by atoms with Gasteiger partial charge in [0.15, 0.2) is 0 Å². The molecule has 4 rings (SSSR count). The van der Waals surface area contributed by atoms with Crippen molar-refractivity contribution in [3.63, 3.8) is 0 Å². The van der Waals surface area contributed by atoms with Crippen LogP contribution in [-0.4, -0.2) is 10.2 Å². The van der Waals surface area contributed by atoms with E-state index in [-0.39, 0.29) is 5.75 Å². The van der Waals surface area contributed by atoms with Crippen LogP contribution in [0.1, 0.15) is 33.4 Å². The minimum atomic E-state index is 0.230. The molecule has 4 aromatic carbocycles. The number of anilines is 1. The molecule has 36 heavy (non-hydrogen) atoms. The van der Waals surface area contributed by atoms with Crippen molar-refractivity contribution in [3.05, 3.63) is 138 Å². The second-order valence-electron chi connectivity index (χ2n) is 8.93. The predicted molar refractivity (Wildman–Crippen MR) is 151 cm³/mol. The molecule has 4 N–H and O–H groups in total. The lowest BCUT2D eigenvalue weighted by Crippen LogP contribution is -1.95. The van der Waals surface area contributed by atoms with Gasteiger partial charge in [-0.2, -0.15) is 0 Å². The van der Waals surface area contributed by atoms with Crippen molar-refractivity contribution in [1.82, 2.24) is 0 Å². The molecule has 0 aliphatic carbocycles. The largest absolute Gasteiger partial charge is 0.508 e. The van der Waals surface area contributed by atoms with E-state index < -0.39 is 0 Å². The number of rotatable bonds is 10. The number of phenolic OH excluding ortho intramolecular Hbond substituents is 2. The van der Waals surface area contributed by atoms with Crippen LogP contribution in [0.5, 0.6) is 11.5 Å². The van der Waals surface area contributed by atoms with Gasteiger partial charge in [0.05, 0.1) is 0 Å². The Kier molecular flexibility index (Phi) is 8.19. The minimum Gasteiger partial charge on any atom is -0.508 e. The topological polar surface area (TPSA) is 66.5 Å². The molecule has 0 aliphatic rings. The fourth-order valence-corrected chi connectivity index (χ4v) is 5.41. The molecular weight excluding hydrogens is 462 g/mol. The van der Waals surface area contributed by atoms with Crippen LogP contribution in [0, 0.1) is 0 Å². The Hall–Kier alpha value is -3.89. The molecule has 0 aromatic heterocycles. The fourth-order valence-electron chi connectivity index (χ4n) is 4.32. The monoisotopic (exact) mass is 493 g/mol. The summed E-state index contributed by atoms with van der Waals surface area (Å²) >= 11 is 1.69. The van der Waals surface area contributed by atoms with Gasteiger partial charge in [0.25, 0.3) is 0 Å². The van der Waals surface area contributed by atoms with E-state index in [2.05, 4.69) is 43.5 Å². The van der Waals surface area contributed by atoms with Crippen LogP contribution in [0.4, 0.5) is 5.69 Å². The number of aromatic hydroxyl groups is 2. The van der Waals surface area contributed by atoms with E-state index in [1.807, 2.05) is 48.6 Å². The Labute approximate surface area is 217 Å². The highest BCUT2D eigenvalue weighted by Gasteiger charge is 2.12. The van der Waals surface area contributed by atoms with Crippen molar-refractivity contribution in [2.75, 3.05) is 5.73 Å². The SMILES string of the molecule is C=CCc1cc(Cc2cccc(N)c2)cc(Sc2cc(CC=C)c(O)c(Cc3ccc(O)cc3)c2)c1. The van der Waals surface area contributed by atoms with Gasteiger partial charge in [-0.1, -0.05) is 54.2 Å². The van der Waals surface area contributed by atoms with Crippen LogP contribution < -0.4 is 5.73 Å². The summed E-state index contributed by atoms with van der Waals surface area (Å²) in [6, 6.07) is 25.8. The summed E-state index contributed by atoms with van der Waals surface area (Å²) in [6.07, 6.45) is 6.48. The standard InChI is InChI=1S/C32H31NO2S/c1-3-6-23-14-25(15-24-8-5-9-28(33)17-24)19-30(18-23)36-31-20-26(7-4-2)32(35)27(21-31)16-22-10-12-29(34)13-11-22/h3-5,8-14,17-21,34-35H,1-2,6-7,15-16,33H2. The van der Waals surface area contributed by atoms with Crippen LogP contribution in [0.25, 0.3) is 0 Å². The lowest BCUT2D eigenvalue weighted by atomic mass is 10.00. The van der Waals surface area contributed by atoms with E-state index in [0.717, 1.165) is 45.0 Å². The number of hydrogen-bond acceptors (Lipinski definition) is 4. The van der Waals surface area contributed by atoms with Crippen LogP contribution in [-0.2, 0) is 25.7 Å². The average Bonchev–Trinajstić information content (AvgIpc) is 2.84. The Balaban J connectivity index is 1.67. The molecular formula is C32H31NO2S. The zero-order valence-electron chi connectivity index (χ0n) is 20.3. The summed E-state index contributed by atoms with van der Waals surface area (Å²) in [5.74, 6) is 0.531. The van der Waals surface area contributed by atoms with Crippen LogP contribution >= 0.6 is 11.8 Å². The molecule has 0 spiro atoms. The smallest absolute Gasteiger partial charge is 0.122 e. The summed E-state index contributed by atoms with van der Waals surface area (Å²) in [4.78, 5) is 2.20. The zero-order chi connectivity index (χ0) is 25.5. The van der Waals surface area contributed by atoms with E-state index in [0.29, 0.717) is 18.6 Å². The number of nitrogen functional groups attached to an aromatic ring is 1. The first-order valence-corrected chi connectivity index (χ1v) is 12.7. The van der Waals surface area contributed by atoms with Crippen LogP contribution in [0.15, 0.2) is 114 Å². The van der Waals surface area contributed by atoms with Gasteiger partial charge < -0.3 is 15.9 Å². The van der Waals surface area contributed by atoms with Crippen molar-refractivity contribution in [1.29, 1.82) is 0 Å². The third kappa shape index (κ3) is 6.61. The molecule has 3 nitrogen and oxygen atoms in total. The maximum Gasteiger partial charge on any atom is 0.122 e. The minimum absolute atomic E-state index is 0.230. The van der Waals surface area contributed by atoms with Crippen molar-refractivity contribution in [3.8, 4) is 11.5 Å². The highest BCUT2D eigenvalue weighted by atomic mass is 32.2. The third-order valence-corrected chi connectivity index (χ3v) is 6.88. The Morgan fingerprint density at radius 2 is 1.36 bits per heavy atom. The summed E-state index contributed by atoms with van der Waals surface area (Å²) in [7, 11) is 0. The molecule has 4 heteroatoms. The van der Waals surface area contributed by atoms with Crippen molar-refractivity contribution < 1.29 is 10.2 Å². The van der Waals surface area contributed by atoms with Crippen molar-refractivity contribution in [2.24, 2.45) is 0 Å². The molecule has 0 atom stereocenters. The highest BCUT2D eigenvalue weighted by molar-refractivity contribution is 7.99. The summed E-state index contributed by atoms with van der Waals surface area (Å²) in [5, 5.41) is 20.6. The summed E-state index contributed by atoms with van der Waals surface area (Å²) in [5.41, 5.74) is 13.1. The molecule has 0 fully saturated rings. The van der Waals surface area contributed by atoms with E-state index in [1.165, 1.54) is 16.7 Å². The molecule has 0 radical (unpaired) electrons. The van der Waals surface area contributed by atoms with Crippen molar-refractivity contribution in [2.45, 2.75) is 35.5 Å². The number of hydrogen-bond donors (Lipinski definition) is 3. The number of phenols is 2. The summed E-state index contributed by atoms with van der Waals surface area (Å²) in [6.45, 7) is 7.78. The maximum atomic E-state index is 10.9. The average molecular weight is 494 g/mol. The molecule has 0 bridgehead atoms. The Morgan fingerprint density at radius 1 is 0.667 bits per heavy atom. The molecule has 0 saturated carbocycles. The number of allylic oxidation sites excluding steroid dienone is 2. The molecule has 182 valence electrons. The first kappa shape index (κ1) is 25.2. The molecule has 0 saturated heterocycles. The number of benzene rings is 4. The fraction of sp³-hybridized carbons (Fsp3) is 0.125. The van der Waals surface area contributed by atoms with Gasteiger partial charge in [0.2, 0.25) is 0 Å². The van der Waals surface area contributed by atoms with E-state index in [1.54, 1.807) is 23.9 Å². The highest BCUT2D eigenvalue weighted by Crippen LogP contribution is 2.36. The predicted octanol–water partition coefficient (Wildman–Crippen LogP) is 7.47. The van der Waals surface area contributed by atoms with Crippen molar-refractivity contribution >= 4 is 17.4 Å². The molecule has 0 unspecified atom stereocenters. The molecule has 0 aliphatic heterocycles. The van der Waals surface area contributed by atoms with Crippen LogP contribution in [0.2, 0.25) is 0 Å². The normalized spacial score (nSPS) is 10.8. The number of nitrogens with two attached hydrogens (primary N) is 1. The summed E-state index contributed by atoms with van der Waals surface area (Å²) < 4.78 is 0. The zero-order valence-corrected chi connectivity index (χ0v) is 21.1. The molecule has 0 heterocycles. The van der Waals surface area contributed by atoms with E-state index in [4.69, 9.17) is 5.73 Å². The van der Waals surface area contributed by atoms with Gasteiger partial charge >= 0.3 is 0 Å². The van der Waals surface area contributed by atoms with Gasteiger partial charge in [-0.05, 0) is 101 Å². The first-order valence-electron chi connectivity index (χ1n) is 11.9. The van der Waals surface area contributed by atoms with E-state index >= 15 is 0 Å². The van der Waals surface area contributed by atoms with E-state index in [9.17, 15) is 10.2 Å². The third-order valence-electron chi connectivity index (χ3n) is 5.94.